The van der Waals surface area contributed by atoms with E-state index < -0.39 is 31.7 Å². The Labute approximate surface area is 137 Å². The van der Waals surface area contributed by atoms with Crippen LogP contribution in [0.2, 0.25) is 0 Å². The molecule has 0 bridgehead atoms. The van der Waals surface area contributed by atoms with E-state index in [1.54, 1.807) is 0 Å². The number of hydrogen-bond donors (Lipinski definition) is 0. The van der Waals surface area contributed by atoms with Gasteiger partial charge in [0.2, 0.25) is 0 Å². The summed E-state index contributed by atoms with van der Waals surface area (Å²) in [5, 5.41) is 0. The van der Waals surface area contributed by atoms with E-state index in [4.69, 9.17) is 8.60 Å². The van der Waals surface area contributed by atoms with E-state index in [1.165, 1.54) is 18.2 Å². The van der Waals surface area contributed by atoms with Gasteiger partial charge in [-0.25, -0.2) is 4.79 Å². The summed E-state index contributed by atoms with van der Waals surface area (Å²) in [6.07, 6.45) is -4.56. The van der Waals surface area contributed by atoms with Gasteiger partial charge in [0.25, 0.3) is 0 Å². The van der Waals surface area contributed by atoms with Gasteiger partial charge in [-0.3, -0.25) is 0 Å². The predicted molar refractivity (Wildman–Crippen MR) is 79.6 cm³/mol. The van der Waals surface area contributed by atoms with Crippen LogP contribution in [0.25, 0.3) is 10.3 Å². The molecule has 0 unspecified atom stereocenters. The van der Waals surface area contributed by atoms with Crippen molar-refractivity contribution in [2.24, 2.45) is 0 Å². The average Bonchev–Trinajstić information content (AvgIpc) is 2.85. The summed E-state index contributed by atoms with van der Waals surface area (Å²) in [6.45, 7) is 0. The fraction of sp³-hybridized carbons (Fsp3) is 0.0714. The lowest BCUT2D eigenvalue weighted by molar-refractivity contribution is -0.137. The van der Waals surface area contributed by atoms with Gasteiger partial charge in [0.1, 0.15) is 10.6 Å². The molecule has 126 valence electrons. The van der Waals surface area contributed by atoms with Crippen LogP contribution in [0.3, 0.4) is 0 Å². The molecule has 3 rings (SSSR count). The van der Waals surface area contributed by atoms with Crippen LogP contribution in [0, 0.1) is 0 Å². The molecule has 0 fully saturated rings. The largest absolute Gasteiger partial charge is 0.416 e. The van der Waals surface area contributed by atoms with E-state index in [0.29, 0.717) is 16.8 Å². The number of fused-ring (bicyclic) bond motifs is 1. The Hall–Kier alpha value is -2.33. The van der Waals surface area contributed by atoms with E-state index in [2.05, 4.69) is 0 Å². The summed E-state index contributed by atoms with van der Waals surface area (Å²) in [5.41, 5.74) is -0.812. The van der Waals surface area contributed by atoms with Crippen molar-refractivity contribution in [3.05, 3.63) is 57.8 Å². The summed E-state index contributed by atoms with van der Waals surface area (Å²) < 4.78 is 71.9. The molecule has 0 spiro atoms. The number of halogens is 3. The van der Waals surface area contributed by atoms with Gasteiger partial charge in [-0.15, -0.1) is 0 Å². The van der Waals surface area contributed by atoms with Gasteiger partial charge in [0.05, 0.1) is 10.3 Å². The van der Waals surface area contributed by atoms with Gasteiger partial charge in [-0.1, -0.05) is 11.3 Å². The minimum Gasteiger partial charge on any atom is -0.414 e. The molecule has 0 radical (unpaired) electrons. The first-order valence-electron chi connectivity index (χ1n) is 6.31. The second-order valence-electron chi connectivity index (χ2n) is 4.62. The van der Waals surface area contributed by atoms with Crippen LogP contribution in [-0.2, 0) is 16.3 Å². The van der Waals surface area contributed by atoms with Gasteiger partial charge < -0.3 is 8.60 Å². The molecule has 0 aliphatic rings. The molecule has 3 aromatic rings. The standard InChI is InChI=1S/C14H7F3O5S2/c15-14(16,17)8-1-4-10(5-2-8)24(19,20)22-9-3-6-12-11(7-9)21-13(18)23-12/h1-7H. The number of benzene rings is 2. The molecule has 5 nitrogen and oxygen atoms in total. The van der Waals surface area contributed by atoms with Crippen LogP contribution in [0.5, 0.6) is 5.75 Å². The molecule has 10 heteroatoms. The molecule has 0 atom stereocenters. The average molecular weight is 376 g/mol. The van der Waals surface area contributed by atoms with Crippen molar-refractivity contribution in [2.45, 2.75) is 11.1 Å². The summed E-state index contributed by atoms with van der Waals surface area (Å²) in [6, 6.07) is 6.89. The molecule has 1 aromatic heterocycles. The summed E-state index contributed by atoms with van der Waals surface area (Å²) in [4.78, 5) is 10.1. The number of alkyl halides is 3. The second kappa shape index (κ2) is 5.64. The van der Waals surface area contributed by atoms with Crippen LogP contribution in [0.15, 0.2) is 56.6 Å². The zero-order valence-electron chi connectivity index (χ0n) is 11.5. The zero-order valence-corrected chi connectivity index (χ0v) is 13.2. The highest BCUT2D eigenvalue weighted by Gasteiger charge is 2.30. The third kappa shape index (κ3) is 3.29. The lowest BCUT2D eigenvalue weighted by Crippen LogP contribution is -2.11. The van der Waals surface area contributed by atoms with Crippen LogP contribution in [0.4, 0.5) is 13.2 Å². The molecule has 2 aromatic carbocycles. The molecule has 24 heavy (non-hydrogen) atoms. The Morgan fingerprint density at radius 3 is 2.33 bits per heavy atom. The highest BCUT2D eigenvalue weighted by Crippen LogP contribution is 2.30. The fourth-order valence-corrected chi connectivity index (χ4v) is 3.46. The van der Waals surface area contributed by atoms with Crippen LogP contribution < -0.4 is 9.12 Å². The van der Waals surface area contributed by atoms with Crippen LogP contribution in [-0.4, -0.2) is 8.42 Å². The Morgan fingerprint density at radius 1 is 1.04 bits per heavy atom. The zero-order chi connectivity index (χ0) is 17.5. The van der Waals surface area contributed by atoms with Gasteiger partial charge in [-0.2, -0.15) is 21.6 Å². The summed E-state index contributed by atoms with van der Waals surface area (Å²) in [5.74, 6) is -0.121. The first kappa shape index (κ1) is 16.5. The van der Waals surface area contributed by atoms with E-state index in [-0.39, 0.29) is 11.3 Å². The SMILES string of the molecule is O=c1oc2cc(OS(=O)(=O)c3ccc(C(F)(F)F)cc3)ccc2s1. The number of rotatable bonds is 3. The van der Waals surface area contributed by atoms with Crippen molar-refractivity contribution in [2.75, 3.05) is 0 Å². The highest BCUT2D eigenvalue weighted by atomic mass is 32.2. The maximum Gasteiger partial charge on any atom is 0.416 e. The molecule has 1 heterocycles. The van der Waals surface area contributed by atoms with E-state index in [9.17, 15) is 26.4 Å². The summed E-state index contributed by atoms with van der Waals surface area (Å²) in [7, 11) is -4.32. The van der Waals surface area contributed by atoms with Crippen molar-refractivity contribution in [1.29, 1.82) is 0 Å². The van der Waals surface area contributed by atoms with E-state index in [0.717, 1.165) is 23.5 Å². The van der Waals surface area contributed by atoms with Gasteiger partial charge in [0, 0.05) is 6.07 Å². The molecule has 0 amide bonds. The monoisotopic (exact) mass is 376 g/mol. The van der Waals surface area contributed by atoms with Crippen molar-refractivity contribution in [3.63, 3.8) is 0 Å². The molecule has 0 saturated carbocycles. The minimum absolute atomic E-state index is 0.121. The quantitative estimate of drug-likeness (QED) is 0.653. The van der Waals surface area contributed by atoms with E-state index >= 15 is 0 Å². The first-order chi connectivity index (χ1) is 11.1. The second-order valence-corrected chi connectivity index (χ2v) is 7.15. The van der Waals surface area contributed by atoms with Gasteiger partial charge in [0.15, 0.2) is 5.58 Å². The smallest absolute Gasteiger partial charge is 0.414 e. The maximum absolute atomic E-state index is 12.5. The lowest BCUT2D eigenvalue weighted by Gasteiger charge is -2.09. The van der Waals surface area contributed by atoms with Gasteiger partial charge in [-0.05, 0) is 36.4 Å². The maximum atomic E-state index is 12.5. The van der Waals surface area contributed by atoms with E-state index in [1.807, 2.05) is 0 Å². The predicted octanol–water partition coefficient (Wildman–Crippen LogP) is 3.64. The lowest BCUT2D eigenvalue weighted by atomic mass is 10.2. The van der Waals surface area contributed by atoms with Crippen LogP contribution in [0.1, 0.15) is 5.56 Å². The van der Waals surface area contributed by atoms with Gasteiger partial charge >= 0.3 is 21.2 Å². The molecule has 0 saturated heterocycles. The molecule has 0 N–H and O–H groups in total. The third-order valence-corrected chi connectivity index (χ3v) is 5.05. The van der Waals surface area contributed by atoms with Crippen molar-refractivity contribution in [3.8, 4) is 5.75 Å². The topological polar surface area (TPSA) is 73.6 Å². The Bertz CT molecular complexity index is 1050. The van der Waals surface area contributed by atoms with Crippen molar-refractivity contribution in [1.82, 2.24) is 0 Å². The Morgan fingerprint density at radius 2 is 1.71 bits per heavy atom. The highest BCUT2D eigenvalue weighted by molar-refractivity contribution is 7.87. The molecular weight excluding hydrogens is 369 g/mol. The Kier molecular flexibility index (Phi) is 3.88. The Balaban J connectivity index is 1.90. The van der Waals surface area contributed by atoms with Crippen molar-refractivity contribution < 1.29 is 30.2 Å². The van der Waals surface area contributed by atoms with Crippen molar-refractivity contribution >= 4 is 31.7 Å². The number of hydrogen-bond acceptors (Lipinski definition) is 6. The molecule has 0 aliphatic heterocycles. The fourth-order valence-electron chi connectivity index (χ4n) is 1.89. The third-order valence-electron chi connectivity index (χ3n) is 2.98. The first-order valence-corrected chi connectivity index (χ1v) is 8.53. The summed E-state index contributed by atoms with van der Waals surface area (Å²) >= 11 is 0.845. The normalized spacial score (nSPS) is 12.5. The minimum atomic E-state index is -4.56. The molecular formula is C14H7F3O5S2. The van der Waals surface area contributed by atoms with Crippen LogP contribution >= 0.6 is 11.3 Å². The molecule has 0 aliphatic carbocycles.